The number of dihydropyridines is 1. The summed E-state index contributed by atoms with van der Waals surface area (Å²) in [6, 6.07) is 11.3. The molecule has 4 rings (SSSR count). The van der Waals surface area contributed by atoms with E-state index < -0.39 is 17.5 Å². The minimum absolute atomic E-state index is 0.0157. The van der Waals surface area contributed by atoms with Crippen molar-refractivity contribution in [1.29, 1.82) is 0 Å². The fourth-order valence-corrected chi connectivity index (χ4v) is 4.08. The molecule has 2 atom stereocenters. The van der Waals surface area contributed by atoms with Crippen LogP contribution >= 0.6 is 0 Å². The monoisotopic (exact) mass is 468 g/mol. The molecule has 34 heavy (non-hydrogen) atoms. The van der Waals surface area contributed by atoms with Gasteiger partial charge in [-0.1, -0.05) is 6.07 Å². The van der Waals surface area contributed by atoms with Gasteiger partial charge in [-0.15, -0.1) is 0 Å². The molecule has 0 aliphatic carbocycles. The second kappa shape index (κ2) is 9.76. The minimum atomic E-state index is -2.94. The molecule has 178 valence electrons. The van der Waals surface area contributed by atoms with Crippen LogP contribution in [0.25, 0.3) is 5.57 Å². The molecule has 0 spiro atoms. The van der Waals surface area contributed by atoms with Gasteiger partial charge in [0.1, 0.15) is 18.0 Å². The van der Waals surface area contributed by atoms with Gasteiger partial charge in [-0.3, -0.25) is 9.64 Å². The minimum Gasteiger partial charge on any atom is -0.620 e. The Bertz CT molecular complexity index is 1180. The second-order valence-corrected chi connectivity index (χ2v) is 7.85. The largest absolute Gasteiger partial charge is 0.620 e. The number of allylic oxidation sites excluding steroid dienone is 3. The molecule has 2 aliphatic heterocycles. The van der Waals surface area contributed by atoms with Gasteiger partial charge in [0, 0.05) is 48.8 Å². The van der Waals surface area contributed by atoms with E-state index in [2.05, 4.69) is 15.0 Å². The Morgan fingerprint density at radius 3 is 2.71 bits per heavy atom. The number of nitrogens with two attached hydrogens (primary N) is 1. The lowest BCUT2D eigenvalue weighted by atomic mass is 9.95. The molecule has 2 aromatic rings. The van der Waals surface area contributed by atoms with Crippen molar-refractivity contribution in [3.63, 3.8) is 0 Å². The first-order valence-electron chi connectivity index (χ1n) is 10.8. The molecule has 2 aromatic carbocycles. The number of alkyl halides is 2. The summed E-state index contributed by atoms with van der Waals surface area (Å²) in [7, 11) is 1.66. The highest BCUT2D eigenvalue weighted by atomic mass is 19.3. The second-order valence-electron chi connectivity index (χ2n) is 7.85. The van der Waals surface area contributed by atoms with Crippen molar-refractivity contribution < 1.29 is 18.3 Å². The molecule has 0 fully saturated rings. The van der Waals surface area contributed by atoms with Crippen molar-refractivity contribution in [2.24, 2.45) is 4.99 Å². The number of hydrogen-bond acceptors (Lipinski definition) is 6. The molecular weight excluding hydrogens is 442 g/mol. The van der Waals surface area contributed by atoms with Crippen molar-refractivity contribution in [3.05, 3.63) is 88.4 Å². The van der Waals surface area contributed by atoms with Gasteiger partial charge in [-0.2, -0.15) is 8.78 Å². The van der Waals surface area contributed by atoms with E-state index in [9.17, 15) is 14.0 Å². The third-order valence-electron chi connectivity index (χ3n) is 5.64. The third kappa shape index (κ3) is 4.72. The maximum absolute atomic E-state index is 14.5. The number of nitrogen functional groups attached to an aromatic ring is 1. The fraction of sp³-hybridized carbons (Fsp3) is 0.240. The predicted octanol–water partition coefficient (Wildman–Crippen LogP) is 4.55. The van der Waals surface area contributed by atoms with Crippen LogP contribution in [0.3, 0.4) is 0 Å². The Morgan fingerprint density at radius 2 is 2.03 bits per heavy atom. The van der Waals surface area contributed by atoms with E-state index in [0.717, 1.165) is 16.7 Å². The van der Waals surface area contributed by atoms with Gasteiger partial charge in [0.05, 0.1) is 5.57 Å². The molecule has 2 aliphatic rings. The molecule has 0 bridgehead atoms. The van der Waals surface area contributed by atoms with Gasteiger partial charge in [-0.25, -0.2) is 0 Å². The number of nitrogens with one attached hydrogen (secondary N) is 1. The highest BCUT2D eigenvalue weighted by molar-refractivity contribution is 5.89. The zero-order valence-corrected chi connectivity index (χ0v) is 18.9. The summed E-state index contributed by atoms with van der Waals surface area (Å²) in [5.74, 6) is 0.399. The van der Waals surface area contributed by atoms with Crippen LogP contribution in [0.15, 0.2) is 77.1 Å². The predicted molar refractivity (Wildman–Crippen MR) is 130 cm³/mol. The van der Waals surface area contributed by atoms with E-state index in [0.29, 0.717) is 29.4 Å². The number of aliphatic imine (C=N–C) groups is 1. The summed E-state index contributed by atoms with van der Waals surface area (Å²) in [5, 5.41) is 17.7. The van der Waals surface area contributed by atoms with Crippen molar-refractivity contribution in [1.82, 2.24) is 9.96 Å². The summed E-state index contributed by atoms with van der Waals surface area (Å²) in [6.07, 6.45) is 6.89. The summed E-state index contributed by atoms with van der Waals surface area (Å²) in [6.45, 7) is -0.529. The Labute approximate surface area is 196 Å². The highest BCUT2D eigenvalue weighted by Crippen LogP contribution is 2.39. The van der Waals surface area contributed by atoms with Crippen LogP contribution in [0.5, 0.6) is 5.75 Å². The van der Waals surface area contributed by atoms with Gasteiger partial charge in [-0.05, 0) is 55.0 Å². The fourth-order valence-electron chi connectivity index (χ4n) is 4.08. The molecule has 0 saturated heterocycles. The van der Waals surface area contributed by atoms with Crippen LogP contribution in [0.4, 0.5) is 20.2 Å². The van der Waals surface area contributed by atoms with Gasteiger partial charge < -0.3 is 25.7 Å². The topological polar surface area (TPSA) is 91.9 Å². The van der Waals surface area contributed by atoms with Gasteiger partial charge in [0.25, 0.3) is 0 Å². The van der Waals surface area contributed by atoms with E-state index in [-0.39, 0.29) is 12.3 Å². The molecule has 0 radical (unpaired) electrons. The summed E-state index contributed by atoms with van der Waals surface area (Å²) >= 11 is 0. The maximum Gasteiger partial charge on any atom is 0.387 e. The molecule has 9 heteroatoms. The van der Waals surface area contributed by atoms with E-state index in [4.69, 9.17) is 10.5 Å². The molecule has 2 unspecified atom stereocenters. The lowest BCUT2D eigenvalue weighted by molar-refractivity contribution is -0.0498. The lowest BCUT2D eigenvalue weighted by Crippen LogP contribution is -2.53. The van der Waals surface area contributed by atoms with Gasteiger partial charge in [0.15, 0.2) is 6.23 Å². The third-order valence-corrected chi connectivity index (χ3v) is 5.64. The van der Waals surface area contributed by atoms with E-state index in [1.807, 2.05) is 37.3 Å². The van der Waals surface area contributed by atoms with Crippen LogP contribution in [-0.2, 0) is 4.74 Å². The number of ether oxygens (including phenoxy) is 2. The zero-order chi connectivity index (χ0) is 24.3. The first-order valence-corrected chi connectivity index (χ1v) is 10.8. The van der Waals surface area contributed by atoms with Crippen LogP contribution in [0, 0.1) is 5.21 Å². The Balaban J connectivity index is 1.78. The maximum atomic E-state index is 14.5. The molecule has 0 aromatic heterocycles. The SMILES string of the molecule is CCOC1C=CC2=C(N1)[N+]([O-])(c1ccc(OC(F)F)cc1)CC(c1ccc(N)c(C=NC)c1)=C2. The number of anilines is 1. The first-order chi connectivity index (χ1) is 16.3. The quantitative estimate of drug-likeness (QED) is 0.269. The Kier molecular flexibility index (Phi) is 6.78. The highest BCUT2D eigenvalue weighted by Gasteiger charge is 2.37. The number of quaternary nitrogens is 1. The first kappa shape index (κ1) is 23.6. The molecule has 0 amide bonds. The average Bonchev–Trinajstić information content (AvgIpc) is 2.81. The van der Waals surface area contributed by atoms with E-state index >= 15 is 0 Å². The number of hydroxylamine groups is 2. The van der Waals surface area contributed by atoms with Gasteiger partial charge >= 0.3 is 6.61 Å². The van der Waals surface area contributed by atoms with E-state index in [1.54, 1.807) is 19.3 Å². The summed E-state index contributed by atoms with van der Waals surface area (Å²) < 4.78 is 34.4. The van der Waals surface area contributed by atoms with Crippen molar-refractivity contribution in [2.45, 2.75) is 19.8 Å². The number of hydrogen-bond donors (Lipinski definition) is 2. The molecule has 2 heterocycles. The normalized spacial score (nSPS) is 22.1. The average molecular weight is 469 g/mol. The van der Waals surface area contributed by atoms with E-state index in [1.165, 1.54) is 24.3 Å². The summed E-state index contributed by atoms with van der Waals surface area (Å²) in [5.41, 5.74) is 10.1. The molecule has 3 N–H and O–H groups in total. The van der Waals surface area contributed by atoms with Crippen LogP contribution < -0.4 is 20.4 Å². The van der Waals surface area contributed by atoms with Crippen molar-refractivity contribution >= 4 is 23.2 Å². The van der Waals surface area contributed by atoms with Crippen molar-refractivity contribution in [2.75, 3.05) is 25.9 Å². The Hall–Kier alpha value is -3.53. The molecular formula is C25H26F2N4O3. The van der Waals surface area contributed by atoms with Crippen LogP contribution in [0.1, 0.15) is 18.1 Å². The Morgan fingerprint density at radius 1 is 1.26 bits per heavy atom. The number of halogens is 2. The zero-order valence-electron chi connectivity index (χ0n) is 18.9. The standard InChI is InChI=1S/C25H26F2N4O3/c1-3-33-23-11-5-17-13-19(16-4-10-22(28)18(12-16)14-29-2)15-31(32,24(17)30-23)20-6-8-21(9-7-20)34-25(26)27/h4-14,23,25,30H,3,15,28H2,1-2H3. The van der Waals surface area contributed by atoms with Gasteiger partial charge in [0.2, 0.25) is 5.82 Å². The molecule has 0 saturated carbocycles. The number of rotatable bonds is 7. The number of benzene rings is 2. The van der Waals surface area contributed by atoms with Crippen molar-refractivity contribution in [3.8, 4) is 5.75 Å². The van der Waals surface area contributed by atoms with Crippen LogP contribution in [-0.4, -0.2) is 39.3 Å². The lowest BCUT2D eigenvalue weighted by Gasteiger charge is -2.47. The summed E-state index contributed by atoms with van der Waals surface area (Å²) in [4.78, 5) is 4.05. The smallest absolute Gasteiger partial charge is 0.387 e. The number of nitrogens with zero attached hydrogens (tertiary/aromatic N) is 2. The van der Waals surface area contributed by atoms with Crippen LogP contribution in [0.2, 0.25) is 0 Å². The molecule has 7 nitrogen and oxygen atoms in total.